The van der Waals surface area contributed by atoms with E-state index in [4.69, 9.17) is 17.2 Å². The highest BCUT2D eigenvalue weighted by Gasteiger charge is 2.30. The molecule has 1 aromatic rings. The van der Waals surface area contributed by atoms with Crippen molar-refractivity contribution in [2.24, 2.45) is 11.5 Å². The second kappa shape index (κ2) is 5.49. The maximum atomic E-state index is 12.4. The van der Waals surface area contributed by atoms with Crippen molar-refractivity contribution in [2.45, 2.75) is 17.1 Å². The number of halogens is 3. The highest BCUT2D eigenvalue weighted by molar-refractivity contribution is 7.99. The predicted octanol–water partition coefficient (Wildman–Crippen LogP) is 1.19. The third-order valence-electron chi connectivity index (χ3n) is 2.12. The molecule has 0 spiro atoms. The van der Waals surface area contributed by atoms with Gasteiger partial charge in [0, 0.05) is 16.3 Å². The van der Waals surface area contributed by atoms with Crippen molar-refractivity contribution >= 4 is 23.4 Å². The summed E-state index contributed by atoms with van der Waals surface area (Å²) in [6.45, 7) is 0. The molecular formula is C10H12F3N3OS. The third-order valence-corrected chi connectivity index (χ3v) is 3.33. The van der Waals surface area contributed by atoms with E-state index < -0.39 is 23.7 Å². The normalized spacial score (nSPS) is 13.3. The minimum absolute atomic E-state index is 0.00787. The molecule has 0 aromatic heterocycles. The summed E-state index contributed by atoms with van der Waals surface area (Å²) >= 11 is 1.08. The summed E-state index contributed by atoms with van der Waals surface area (Å²) in [4.78, 5) is 11.1. The minimum atomic E-state index is -4.43. The third kappa shape index (κ3) is 3.81. The van der Waals surface area contributed by atoms with Gasteiger partial charge in [0.15, 0.2) is 0 Å². The van der Waals surface area contributed by atoms with Crippen LogP contribution in [0.2, 0.25) is 0 Å². The van der Waals surface area contributed by atoms with Gasteiger partial charge >= 0.3 is 6.18 Å². The molecule has 0 bridgehead atoms. The average Bonchev–Trinajstić information content (AvgIpc) is 2.25. The molecule has 0 saturated heterocycles. The molecule has 1 unspecified atom stereocenters. The molecular weight excluding hydrogens is 267 g/mol. The molecule has 0 heterocycles. The number of nitrogens with two attached hydrogens (primary N) is 3. The first-order chi connectivity index (χ1) is 8.21. The number of hydrogen-bond donors (Lipinski definition) is 3. The lowest BCUT2D eigenvalue weighted by Gasteiger charge is -2.11. The zero-order chi connectivity index (χ0) is 13.9. The molecule has 0 aliphatic rings. The van der Waals surface area contributed by atoms with Crippen LogP contribution in [-0.2, 0) is 11.0 Å². The number of amides is 1. The number of carbonyl (C=O) groups is 1. The number of alkyl halides is 3. The minimum Gasteiger partial charge on any atom is -0.398 e. The van der Waals surface area contributed by atoms with Crippen molar-refractivity contribution in [3.63, 3.8) is 0 Å². The Morgan fingerprint density at radius 3 is 2.44 bits per heavy atom. The van der Waals surface area contributed by atoms with Crippen molar-refractivity contribution in [1.29, 1.82) is 0 Å². The highest BCUT2D eigenvalue weighted by Crippen LogP contribution is 2.34. The maximum Gasteiger partial charge on any atom is 0.416 e. The van der Waals surface area contributed by atoms with Gasteiger partial charge in [0.1, 0.15) is 0 Å². The molecule has 0 fully saturated rings. The van der Waals surface area contributed by atoms with Gasteiger partial charge in [0.05, 0.1) is 11.6 Å². The Morgan fingerprint density at radius 1 is 1.39 bits per heavy atom. The lowest BCUT2D eigenvalue weighted by molar-refractivity contribution is -0.137. The van der Waals surface area contributed by atoms with E-state index in [2.05, 4.69) is 0 Å². The van der Waals surface area contributed by atoms with Gasteiger partial charge in [0.25, 0.3) is 0 Å². The largest absolute Gasteiger partial charge is 0.416 e. The van der Waals surface area contributed by atoms with Gasteiger partial charge in [-0.15, -0.1) is 11.8 Å². The second-order valence-electron chi connectivity index (χ2n) is 3.57. The number of benzene rings is 1. The number of nitrogen functional groups attached to an aromatic ring is 1. The van der Waals surface area contributed by atoms with Crippen molar-refractivity contribution in [3.05, 3.63) is 23.8 Å². The van der Waals surface area contributed by atoms with Gasteiger partial charge < -0.3 is 17.2 Å². The molecule has 0 aliphatic heterocycles. The van der Waals surface area contributed by atoms with Crippen LogP contribution in [0.3, 0.4) is 0 Å². The molecule has 0 saturated carbocycles. The fourth-order valence-corrected chi connectivity index (χ4v) is 2.03. The molecule has 1 atom stereocenters. The summed E-state index contributed by atoms with van der Waals surface area (Å²) in [5, 5.41) is 0. The number of primary amides is 1. The van der Waals surface area contributed by atoms with Crippen LogP contribution in [0, 0.1) is 0 Å². The summed E-state index contributed by atoms with van der Waals surface area (Å²) in [6, 6.07) is 2.15. The first-order valence-electron chi connectivity index (χ1n) is 4.86. The van der Waals surface area contributed by atoms with Gasteiger partial charge in [0.2, 0.25) is 5.91 Å². The smallest absolute Gasteiger partial charge is 0.398 e. The number of carbonyl (C=O) groups excluding carboxylic acids is 1. The topological polar surface area (TPSA) is 95.1 Å². The highest BCUT2D eigenvalue weighted by atomic mass is 32.2. The zero-order valence-corrected chi connectivity index (χ0v) is 10.0. The molecule has 1 amide bonds. The lowest BCUT2D eigenvalue weighted by Crippen LogP contribution is -2.38. The van der Waals surface area contributed by atoms with Crippen molar-refractivity contribution < 1.29 is 18.0 Å². The monoisotopic (exact) mass is 279 g/mol. The van der Waals surface area contributed by atoms with E-state index in [1.807, 2.05) is 0 Å². The van der Waals surface area contributed by atoms with E-state index in [0.717, 1.165) is 23.9 Å². The number of anilines is 1. The molecule has 0 radical (unpaired) electrons. The van der Waals surface area contributed by atoms with E-state index in [0.29, 0.717) is 4.90 Å². The predicted molar refractivity (Wildman–Crippen MR) is 63.8 cm³/mol. The van der Waals surface area contributed by atoms with Crippen LogP contribution < -0.4 is 17.2 Å². The van der Waals surface area contributed by atoms with Crippen LogP contribution in [0.15, 0.2) is 23.1 Å². The molecule has 18 heavy (non-hydrogen) atoms. The molecule has 0 aliphatic carbocycles. The zero-order valence-electron chi connectivity index (χ0n) is 9.20. The van der Waals surface area contributed by atoms with Gasteiger partial charge in [-0.25, -0.2) is 0 Å². The van der Waals surface area contributed by atoms with E-state index in [1.165, 1.54) is 6.07 Å². The Morgan fingerprint density at radius 2 is 2.00 bits per heavy atom. The van der Waals surface area contributed by atoms with Crippen LogP contribution in [-0.4, -0.2) is 17.7 Å². The first-order valence-corrected chi connectivity index (χ1v) is 5.85. The SMILES string of the molecule is NC(=O)C(N)CSc1ccc(C(F)(F)F)cc1N. The van der Waals surface area contributed by atoms with Crippen LogP contribution in [0.4, 0.5) is 18.9 Å². The van der Waals surface area contributed by atoms with Crippen LogP contribution in [0.5, 0.6) is 0 Å². The van der Waals surface area contributed by atoms with Gasteiger partial charge in [-0.05, 0) is 18.2 Å². The molecule has 1 rings (SSSR count). The molecule has 100 valence electrons. The standard InChI is InChI=1S/C10H12F3N3OS/c11-10(12,13)5-1-2-8(6(14)3-5)18-4-7(15)9(16)17/h1-3,7H,4,14-15H2,(H2,16,17). The van der Waals surface area contributed by atoms with E-state index >= 15 is 0 Å². The van der Waals surface area contributed by atoms with Crippen molar-refractivity contribution in [1.82, 2.24) is 0 Å². The summed E-state index contributed by atoms with van der Waals surface area (Å²) < 4.78 is 37.1. The second-order valence-corrected chi connectivity index (χ2v) is 4.63. The van der Waals surface area contributed by atoms with E-state index in [9.17, 15) is 18.0 Å². The number of thioether (sulfide) groups is 1. The van der Waals surface area contributed by atoms with E-state index in [1.54, 1.807) is 0 Å². The van der Waals surface area contributed by atoms with Gasteiger partial charge in [-0.2, -0.15) is 13.2 Å². The molecule has 8 heteroatoms. The Hall–Kier alpha value is -1.41. The first kappa shape index (κ1) is 14.7. The molecule has 1 aromatic carbocycles. The Bertz CT molecular complexity index is 450. The number of rotatable bonds is 4. The number of hydrogen-bond acceptors (Lipinski definition) is 4. The van der Waals surface area contributed by atoms with Gasteiger partial charge in [-0.3, -0.25) is 4.79 Å². The molecule has 4 nitrogen and oxygen atoms in total. The Kier molecular flexibility index (Phi) is 4.47. The summed E-state index contributed by atoms with van der Waals surface area (Å²) in [7, 11) is 0. The van der Waals surface area contributed by atoms with Crippen molar-refractivity contribution in [2.75, 3.05) is 11.5 Å². The fourth-order valence-electron chi connectivity index (χ4n) is 1.12. The summed E-state index contributed by atoms with van der Waals surface area (Å²) in [5.41, 5.74) is 15.0. The summed E-state index contributed by atoms with van der Waals surface area (Å²) in [6.07, 6.45) is -4.43. The van der Waals surface area contributed by atoms with Crippen LogP contribution in [0.25, 0.3) is 0 Å². The quantitative estimate of drug-likeness (QED) is 0.570. The summed E-state index contributed by atoms with van der Waals surface area (Å²) in [5.74, 6) is -0.516. The van der Waals surface area contributed by atoms with Gasteiger partial charge in [-0.1, -0.05) is 0 Å². The van der Waals surface area contributed by atoms with Crippen LogP contribution in [0.1, 0.15) is 5.56 Å². The fraction of sp³-hybridized carbons (Fsp3) is 0.300. The van der Waals surface area contributed by atoms with Crippen molar-refractivity contribution in [3.8, 4) is 0 Å². The Labute approximate surface area is 106 Å². The lowest BCUT2D eigenvalue weighted by atomic mass is 10.2. The van der Waals surface area contributed by atoms with Crippen LogP contribution >= 0.6 is 11.8 Å². The van der Waals surface area contributed by atoms with E-state index in [-0.39, 0.29) is 11.4 Å². The Balaban J connectivity index is 2.78. The maximum absolute atomic E-state index is 12.4. The molecule has 6 N–H and O–H groups in total. The average molecular weight is 279 g/mol.